The third-order valence-electron chi connectivity index (χ3n) is 6.72. The van der Waals surface area contributed by atoms with E-state index in [9.17, 15) is 18.0 Å². The summed E-state index contributed by atoms with van der Waals surface area (Å²) in [5.41, 5.74) is 1.93. The van der Waals surface area contributed by atoms with Crippen LogP contribution in [0.1, 0.15) is 31.9 Å². The van der Waals surface area contributed by atoms with Crippen molar-refractivity contribution < 1.29 is 27.5 Å². The van der Waals surface area contributed by atoms with E-state index in [1.807, 2.05) is 45.0 Å². The maximum atomic E-state index is 14.1. The van der Waals surface area contributed by atoms with Crippen LogP contribution < -0.4 is 19.1 Å². The molecule has 2 amide bonds. The van der Waals surface area contributed by atoms with Crippen LogP contribution in [-0.2, 0) is 26.2 Å². The fourth-order valence-corrected chi connectivity index (χ4v) is 5.67. The van der Waals surface area contributed by atoms with Crippen LogP contribution in [0.15, 0.2) is 77.7 Å². The number of ether oxygens (including phenoxy) is 2. The molecule has 10 heteroatoms. The van der Waals surface area contributed by atoms with Gasteiger partial charge in [0.25, 0.3) is 10.0 Å². The number of amides is 2. The van der Waals surface area contributed by atoms with Crippen LogP contribution in [0.5, 0.6) is 11.5 Å². The molecule has 0 aliphatic heterocycles. The fraction of sp³-hybridized carbons (Fsp3) is 0.355. The highest BCUT2D eigenvalue weighted by Gasteiger charge is 2.34. The molecule has 3 aromatic carbocycles. The molecule has 1 N–H and O–H groups in total. The molecule has 220 valence electrons. The smallest absolute Gasteiger partial charge is 0.264 e. The lowest BCUT2D eigenvalue weighted by atomic mass is 10.1. The Morgan fingerprint density at radius 1 is 0.902 bits per heavy atom. The molecule has 0 saturated carbocycles. The number of nitrogens with one attached hydrogen (secondary N) is 1. The Morgan fingerprint density at radius 2 is 1.56 bits per heavy atom. The molecule has 0 spiro atoms. The van der Waals surface area contributed by atoms with Gasteiger partial charge in [0.05, 0.1) is 24.8 Å². The first kappa shape index (κ1) is 31.5. The minimum Gasteiger partial charge on any atom is -0.497 e. The van der Waals surface area contributed by atoms with Gasteiger partial charge in [-0.1, -0.05) is 56.3 Å². The zero-order chi connectivity index (χ0) is 30.2. The highest BCUT2D eigenvalue weighted by Crippen LogP contribution is 2.36. The first-order valence-electron chi connectivity index (χ1n) is 13.4. The number of sulfonamides is 1. The van der Waals surface area contributed by atoms with Crippen molar-refractivity contribution in [1.82, 2.24) is 10.2 Å². The van der Waals surface area contributed by atoms with Gasteiger partial charge in [0.15, 0.2) is 0 Å². The predicted molar refractivity (Wildman–Crippen MR) is 160 cm³/mol. The summed E-state index contributed by atoms with van der Waals surface area (Å²) in [6.07, 6.45) is 0. The van der Waals surface area contributed by atoms with Crippen LogP contribution in [-0.4, -0.2) is 58.5 Å². The van der Waals surface area contributed by atoms with Gasteiger partial charge in [-0.05, 0) is 55.2 Å². The maximum absolute atomic E-state index is 14.1. The van der Waals surface area contributed by atoms with Crippen molar-refractivity contribution >= 4 is 27.5 Å². The van der Waals surface area contributed by atoms with Gasteiger partial charge in [-0.2, -0.15) is 0 Å². The molecule has 9 nitrogen and oxygen atoms in total. The summed E-state index contributed by atoms with van der Waals surface area (Å²) in [5, 5.41) is 2.89. The fourth-order valence-electron chi connectivity index (χ4n) is 4.23. The zero-order valence-corrected chi connectivity index (χ0v) is 25.3. The van der Waals surface area contributed by atoms with Crippen molar-refractivity contribution in [2.24, 2.45) is 5.92 Å². The Labute approximate surface area is 243 Å². The molecule has 0 unspecified atom stereocenters. The summed E-state index contributed by atoms with van der Waals surface area (Å²) in [4.78, 5) is 28.7. The van der Waals surface area contributed by atoms with E-state index in [2.05, 4.69) is 5.32 Å². The summed E-state index contributed by atoms with van der Waals surface area (Å²) in [7, 11) is -1.35. The molecular formula is C31H39N3O6S. The number of anilines is 1. The van der Waals surface area contributed by atoms with E-state index in [4.69, 9.17) is 9.47 Å². The number of hydrogen-bond acceptors (Lipinski definition) is 6. The molecule has 3 rings (SSSR count). The van der Waals surface area contributed by atoms with E-state index in [0.29, 0.717) is 12.3 Å². The Morgan fingerprint density at radius 3 is 2.17 bits per heavy atom. The molecule has 0 heterocycles. The molecule has 0 aliphatic rings. The molecule has 0 aliphatic carbocycles. The number of rotatable bonds is 13. The zero-order valence-electron chi connectivity index (χ0n) is 24.5. The number of benzene rings is 3. The summed E-state index contributed by atoms with van der Waals surface area (Å²) in [6.45, 7) is 7.53. The van der Waals surface area contributed by atoms with Crippen LogP contribution in [0.25, 0.3) is 0 Å². The first-order valence-corrected chi connectivity index (χ1v) is 14.8. The molecule has 3 aromatic rings. The lowest BCUT2D eigenvalue weighted by Crippen LogP contribution is -2.51. The number of carbonyl (C=O) groups is 2. The van der Waals surface area contributed by atoms with E-state index in [1.165, 1.54) is 37.3 Å². The van der Waals surface area contributed by atoms with Gasteiger partial charge in [0, 0.05) is 19.2 Å². The quantitative estimate of drug-likeness (QED) is 0.321. The van der Waals surface area contributed by atoms with E-state index in [-0.39, 0.29) is 34.7 Å². The number of methoxy groups -OCH3 is 2. The lowest BCUT2D eigenvalue weighted by molar-refractivity contribution is -0.139. The first-order chi connectivity index (χ1) is 19.5. The Hall–Kier alpha value is -4.05. The minimum absolute atomic E-state index is 0.00542. The van der Waals surface area contributed by atoms with Crippen LogP contribution in [0, 0.1) is 12.8 Å². The molecular weight excluding hydrogens is 542 g/mol. The summed E-state index contributed by atoms with van der Waals surface area (Å²) in [6, 6.07) is 19.3. The van der Waals surface area contributed by atoms with Crippen molar-refractivity contribution in [1.29, 1.82) is 0 Å². The van der Waals surface area contributed by atoms with Crippen LogP contribution >= 0.6 is 0 Å². The Kier molecular flexibility index (Phi) is 10.8. The SMILES string of the molecule is COc1ccc(OC)c(N(CC(=O)N(Cc2ccccc2C)[C@@H](C)C(=O)NCC(C)C)S(=O)(=O)c2ccccc2)c1. The number of nitrogens with zero attached hydrogens (tertiary/aromatic N) is 2. The summed E-state index contributed by atoms with van der Waals surface area (Å²) < 4.78 is 39.9. The average molecular weight is 582 g/mol. The van der Waals surface area contributed by atoms with Crippen LogP contribution in [0.2, 0.25) is 0 Å². The molecule has 1 atom stereocenters. The molecule has 41 heavy (non-hydrogen) atoms. The second-order valence-electron chi connectivity index (χ2n) is 10.1. The van der Waals surface area contributed by atoms with Crippen molar-refractivity contribution in [2.45, 2.75) is 45.2 Å². The van der Waals surface area contributed by atoms with Gasteiger partial charge in [-0.25, -0.2) is 8.42 Å². The maximum Gasteiger partial charge on any atom is 0.264 e. The third kappa shape index (κ3) is 7.79. The van der Waals surface area contributed by atoms with Gasteiger partial charge < -0.3 is 19.7 Å². The Bertz CT molecular complexity index is 1440. The number of aryl methyl sites for hydroxylation is 1. The molecule has 0 saturated heterocycles. The van der Waals surface area contributed by atoms with E-state index in [1.54, 1.807) is 37.3 Å². The molecule has 0 bridgehead atoms. The standard InChI is InChI=1S/C31H39N3O6S/c1-22(2)19-32-31(36)24(4)33(20-25-13-11-10-12-23(25)3)30(35)21-34(41(37,38)27-14-8-7-9-15-27)28-18-26(39-5)16-17-29(28)40-6/h7-18,22,24H,19-21H2,1-6H3,(H,32,36)/t24-/m0/s1. The van der Waals surface area contributed by atoms with Crippen molar-refractivity contribution in [3.8, 4) is 11.5 Å². The minimum atomic E-state index is -4.24. The third-order valence-corrected chi connectivity index (χ3v) is 8.49. The largest absolute Gasteiger partial charge is 0.497 e. The average Bonchev–Trinajstić information content (AvgIpc) is 2.97. The highest BCUT2D eigenvalue weighted by molar-refractivity contribution is 7.92. The Balaban J connectivity index is 2.10. The molecule has 0 radical (unpaired) electrons. The van der Waals surface area contributed by atoms with Crippen LogP contribution in [0.4, 0.5) is 5.69 Å². The summed E-state index contributed by atoms with van der Waals surface area (Å²) in [5.74, 6) is -0.0217. The van der Waals surface area contributed by atoms with Crippen molar-refractivity contribution in [2.75, 3.05) is 31.6 Å². The monoisotopic (exact) mass is 581 g/mol. The molecule has 0 fully saturated rings. The molecule has 0 aromatic heterocycles. The highest BCUT2D eigenvalue weighted by atomic mass is 32.2. The van der Waals surface area contributed by atoms with Gasteiger partial charge >= 0.3 is 0 Å². The predicted octanol–water partition coefficient (Wildman–Crippen LogP) is 4.40. The van der Waals surface area contributed by atoms with Gasteiger partial charge in [-0.15, -0.1) is 0 Å². The van der Waals surface area contributed by atoms with Crippen molar-refractivity contribution in [3.05, 3.63) is 83.9 Å². The second-order valence-corrected chi connectivity index (χ2v) is 12.0. The normalized spacial score (nSPS) is 12.0. The van der Waals surface area contributed by atoms with Gasteiger partial charge in [0.1, 0.15) is 24.1 Å². The van der Waals surface area contributed by atoms with E-state index >= 15 is 0 Å². The van der Waals surface area contributed by atoms with Crippen molar-refractivity contribution in [3.63, 3.8) is 0 Å². The number of carbonyl (C=O) groups excluding carboxylic acids is 2. The van der Waals surface area contributed by atoms with E-state index < -0.39 is 28.5 Å². The van der Waals surface area contributed by atoms with E-state index in [0.717, 1.165) is 15.4 Å². The lowest BCUT2D eigenvalue weighted by Gasteiger charge is -2.32. The van der Waals surface area contributed by atoms with Gasteiger partial charge in [0.2, 0.25) is 11.8 Å². The summed E-state index contributed by atoms with van der Waals surface area (Å²) >= 11 is 0. The number of hydrogen-bond donors (Lipinski definition) is 1. The second kappa shape index (κ2) is 14.0. The van der Waals surface area contributed by atoms with Crippen LogP contribution in [0.3, 0.4) is 0 Å². The topological polar surface area (TPSA) is 105 Å². The van der Waals surface area contributed by atoms with Gasteiger partial charge in [-0.3, -0.25) is 13.9 Å².